The molecule has 3 rings (SSSR count). The second kappa shape index (κ2) is 5.70. The van der Waals surface area contributed by atoms with Gasteiger partial charge >= 0.3 is 0 Å². The highest BCUT2D eigenvalue weighted by Gasteiger charge is 2.18. The lowest BCUT2D eigenvalue weighted by Crippen LogP contribution is -2.28. The number of hydrogen-bond acceptors (Lipinski definition) is 3. The maximum Gasteiger partial charge on any atom is 0.134 e. The molecule has 1 atom stereocenters. The highest BCUT2D eigenvalue weighted by molar-refractivity contribution is 6.34. The van der Waals surface area contributed by atoms with Gasteiger partial charge in [0.1, 0.15) is 17.4 Å². The van der Waals surface area contributed by atoms with Crippen LogP contribution in [0.4, 0.5) is 0 Å². The van der Waals surface area contributed by atoms with Crippen LogP contribution in [0.3, 0.4) is 0 Å². The minimum Gasteiger partial charge on any atom is -0.459 e. The van der Waals surface area contributed by atoms with E-state index in [0.717, 1.165) is 22.3 Å². The molecule has 0 saturated heterocycles. The Balaban J connectivity index is 2.08. The molecule has 5 heteroatoms. The average molecular weight is 321 g/mol. The Labute approximate surface area is 132 Å². The second-order valence-electron chi connectivity index (χ2n) is 4.99. The molecule has 3 nitrogen and oxygen atoms in total. The molecule has 0 aliphatic rings. The molecule has 0 fully saturated rings. The maximum atomic E-state index is 6.05. The van der Waals surface area contributed by atoms with Gasteiger partial charge in [-0.05, 0) is 48.9 Å². The molecule has 1 aromatic heterocycles. The number of fused-ring (bicyclic) bond motifs is 1. The molecular formula is C16H14Cl2N2O. The predicted octanol–water partition coefficient (Wildman–Crippen LogP) is 4.60. The minimum atomic E-state index is -0.311. The summed E-state index contributed by atoms with van der Waals surface area (Å²) in [5.41, 5.74) is 5.61. The molecular weight excluding hydrogens is 307 g/mol. The molecule has 1 unspecified atom stereocenters. The molecule has 0 spiro atoms. The van der Waals surface area contributed by atoms with Crippen molar-refractivity contribution in [2.45, 2.75) is 13.0 Å². The predicted molar refractivity (Wildman–Crippen MR) is 86.6 cm³/mol. The number of benzene rings is 2. The van der Waals surface area contributed by atoms with Gasteiger partial charge in [0.2, 0.25) is 0 Å². The van der Waals surface area contributed by atoms with Gasteiger partial charge in [0, 0.05) is 15.4 Å². The van der Waals surface area contributed by atoms with E-state index < -0.39 is 0 Å². The van der Waals surface area contributed by atoms with Crippen molar-refractivity contribution in [3.05, 3.63) is 69.4 Å². The van der Waals surface area contributed by atoms with Crippen LogP contribution in [0.25, 0.3) is 11.0 Å². The third-order valence-electron chi connectivity index (χ3n) is 3.36. The molecule has 1 heterocycles. The second-order valence-corrected chi connectivity index (χ2v) is 5.87. The van der Waals surface area contributed by atoms with Crippen LogP contribution in [0, 0.1) is 6.92 Å². The normalized spacial score (nSPS) is 12.8. The molecule has 3 aromatic rings. The van der Waals surface area contributed by atoms with E-state index in [-0.39, 0.29) is 6.04 Å². The molecule has 0 aliphatic heterocycles. The van der Waals surface area contributed by atoms with Crippen LogP contribution in [0.5, 0.6) is 0 Å². The third kappa shape index (κ3) is 2.92. The fourth-order valence-electron chi connectivity index (χ4n) is 2.41. The zero-order valence-electron chi connectivity index (χ0n) is 11.4. The zero-order chi connectivity index (χ0) is 15.0. The van der Waals surface area contributed by atoms with Crippen molar-refractivity contribution in [2.24, 2.45) is 5.84 Å². The van der Waals surface area contributed by atoms with Crippen LogP contribution in [-0.4, -0.2) is 0 Å². The molecule has 0 saturated carbocycles. The molecule has 3 N–H and O–H groups in total. The molecule has 21 heavy (non-hydrogen) atoms. The summed E-state index contributed by atoms with van der Waals surface area (Å²) in [4.78, 5) is 0. The summed E-state index contributed by atoms with van der Waals surface area (Å²) in [5.74, 6) is 6.41. The van der Waals surface area contributed by atoms with Gasteiger partial charge in [0.15, 0.2) is 0 Å². The van der Waals surface area contributed by atoms with Crippen molar-refractivity contribution in [1.29, 1.82) is 0 Å². The van der Waals surface area contributed by atoms with Gasteiger partial charge in [-0.1, -0.05) is 34.8 Å². The van der Waals surface area contributed by atoms with Crippen LogP contribution in [0.1, 0.15) is 22.9 Å². The lowest BCUT2D eigenvalue weighted by molar-refractivity contribution is 0.477. The Kier molecular flexibility index (Phi) is 3.91. The molecule has 0 bridgehead atoms. The van der Waals surface area contributed by atoms with Gasteiger partial charge in [-0.3, -0.25) is 5.84 Å². The van der Waals surface area contributed by atoms with E-state index in [0.29, 0.717) is 10.0 Å². The van der Waals surface area contributed by atoms with Gasteiger partial charge < -0.3 is 4.42 Å². The number of nitrogens with one attached hydrogen (secondary N) is 1. The van der Waals surface area contributed by atoms with Gasteiger partial charge in [-0.25, -0.2) is 5.43 Å². The lowest BCUT2D eigenvalue weighted by Gasteiger charge is -2.14. The fraction of sp³-hybridized carbons (Fsp3) is 0.125. The largest absolute Gasteiger partial charge is 0.459 e. The highest BCUT2D eigenvalue weighted by atomic mass is 35.5. The van der Waals surface area contributed by atoms with E-state index in [2.05, 4.69) is 11.5 Å². The van der Waals surface area contributed by atoms with Crippen LogP contribution >= 0.6 is 23.2 Å². The lowest BCUT2D eigenvalue weighted by atomic mass is 10.0. The topological polar surface area (TPSA) is 51.2 Å². The fourth-order valence-corrected chi connectivity index (χ4v) is 2.95. The van der Waals surface area contributed by atoms with Crippen LogP contribution < -0.4 is 11.3 Å². The summed E-state index contributed by atoms with van der Waals surface area (Å²) < 4.78 is 5.88. The van der Waals surface area contributed by atoms with E-state index in [1.54, 1.807) is 6.07 Å². The van der Waals surface area contributed by atoms with E-state index in [9.17, 15) is 0 Å². The van der Waals surface area contributed by atoms with Crippen molar-refractivity contribution < 1.29 is 4.42 Å². The standard InChI is InChI=1S/C16H14Cl2N2O/c1-9-2-3-14-10(4-9)7-15(21-14)16(20-19)11-5-12(17)8-13(18)6-11/h2-8,16,20H,19H2,1H3. The first kappa shape index (κ1) is 14.4. The van der Waals surface area contributed by atoms with Crippen LogP contribution in [-0.2, 0) is 0 Å². The molecule has 0 aliphatic carbocycles. The Morgan fingerprint density at radius 3 is 2.43 bits per heavy atom. The highest BCUT2D eigenvalue weighted by Crippen LogP contribution is 2.31. The van der Waals surface area contributed by atoms with Gasteiger partial charge in [0.25, 0.3) is 0 Å². The number of furan rings is 1. The SMILES string of the molecule is Cc1ccc2oc(C(NN)c3cc(Cl)cc(Cl)c3)cc2c1. The van der Waals surface area contributed by atoms with E-state index in [1.807, 2.05) is 37.3 Å². The number of aryl methyl sites for hydroxylation is 1. The summed E-state index contributed by atoms with van der Waals surface area (Å²) in [7, 11) is 0. The Bertz CT molecular complexity index is 778. The smallest absolute Gasteiger partial charge is 0.134 e. The average Bonchev–Trinajstić information content (AvgIpc) is 2.81. The first-order valence-corrected chi connectivity index (χ1v) is 7.24. The van der Waals surface area contributed by atoms with Crippen molar-refractivity contribution in [1.82, 2.24) is 5.43 Å². The summed E-state index contributed by atoms with van der Waals surface area (Å²) >= 11 is 12.1. The first-order chi connectivity index (χ1) is 10.1. The number of nitrogens with two attached hydrogens (primary N) is 1. The van der Waals surface area contributed by atoms with E-state index in [1.165, 1.54) is 5.56 Å². The number of halogens is 2. The molecule has 0 amide bonds. The van der Waals surface area contributed by atoms with E-state index in [4.69, 9.17) is 33.5 Å². The Morgan fingerprint density at radius 1 is 1.05 bits per heavy atom. The number of hydrogen-bond donors (Lipinski definition) is 2. The minimum absolute atomic E-state index is 0.311. The van der Waals surface area contributed by atoms with Crippen molar-refractivity contribution >= 4 is 34.2 Å². The van der Waals surface area contributed by atoms with Crippen LogP contribution in [0.15, 0.2) is 46.9 Å². The van der Waals surface area contributed by atoms with Gasteiger partial charge in [-0.15, -0.1) is 0 Å². The summed E-state index contributed by atoms with van der Waals surface area (Å²) in [6.07, 6.45) is 0. The monoisotopic (exact) mass is 320 g/mol. The molecule has 108 valence electrons. The summed E-state index contributed by atoms with van der Waals surface area (Å²) in [6.45, 7) is 2.04. The molecule has 2 aromatic carbocycles. The maximum absolute atomic E-state index is 6.05. The number of rotatable bonds is 3. The van der Waals surface area contributed by atoms with Crippen molar-refractivity contribution in [3.63, 3.8) is 0 Å². The Morgan fingerprint density at radius 2 is 1.76 bits per heavy atom. The van der Waals surface area contributed by atoms with Crippen molar-refractivity contribution in [3.8, 4) is 0 Å². The number of hydrazine groups is 1. The van der Waals surface area contributed by atoms with Crippen LogP contribution in [0.2, 0.25) is 10.0 Å². The molecule has 0 radical (unpaired) electrons. The zero-order valence-corrected chi connectivity index (χ0v) is 12.9. The van der Waals surface area contributed by atoms with Gasteiger partial charge in [-0.2, -0.15) is 0 Å². The Hall–Kier alpha value is -1.52. The quantitative estimate of drug-likeness (QED) is 0.547. The van der Waals surface area contributed by atoms with Crippen molar-refractivity contribution in [2.75, 3.05) is 0 Å². The van der Waals surface area contributed by atoms with E-state index >= 15 is 0 Å². The first-order valence-electron chi connectivity index (χ1n) is 6.49. The van der Waals surface area contributed by atoms with Gasteiger partial charge in [0.05, 0.1) is 0 Å². The third-order valence-corrected chi connectivity index (χ3v) is 3.80. The summed E-state index contributed by atoms with van der Waals surface area (Å²) in [5, 5.41) is 2.16. The summed E-state index contributed by atoms with van der Waals surface area (Å²) in [6, 6.07) is 13.0.